The van der Waals surface area contributed by atoms with Crippen LogP contribution in [-0.4, -0.2) is 21.6 Å². The van der Waals surface area contributed by atoms with E-state index in [0.29, 0.717) is 30.3 Å². The van der Waals surface area contributed by atoms with Gasteiger partial charge >= 0.3 is 0 Å². The lowest BCUT2D eigenvalue weighted by atomic mass is 9.97. The van der Waals surface area contributed by atoms with Crippen molar-refractivity contribution in [2.45, 2.75) is 31.2 Å². The zero-order valence-corrected chi connectivity index (χ0v) is 15.6. The fourth-order valence-corrected chi connectivity index (χ4v) is 4.19. The van der Waals surface area contributed by atoms with Gasteiger partial charge in [0.25, 0.3) is 0 Å². The monoisotopic (exact) mass is 379 g/mol. The third-order valence-corrected chi connectivity index (χ3v) is 5.65. The summed E-state index contributed by atoms with van der Waals surface area (Å²) in [4.78, 5) is 0.106. The first-order valence-corrected chi connectivity index (χ1v) is 10.0. The van der Waals surface area contributed by atoms with E-state index in [0.717, 1.165) is 6.42 Å². The second-order valence-corrected chi connectivity index (χ2v) is 8.27. The molecule has 3 rings (SSSR count). The van der Waals surface area contributed by atoms with Crippen LogP contribution in [0.5, 0.6) is 11.5 Å². The average Bonchev–Trinajstić information content (AvgIpc) is 2.85. The molecule has 0 radical (unpaired) electrons. The van der Waals surface area contributed by atoms with Crippen LogP contribution in [0.1, 0.15) is 31.9 Å². The van der Waals surface area contributed by atoms with Crippen molar-refractivity contribution in [3.05, 3.63) is 53.8 Å². The molecule has 1 aliphatic heterocycles. The van der Waals surface area contributed by atoms with Gasteiger partial charge in [-0.1, -0.05) is 26.0 Å². The summed E-state index contributed by atoms with van der Waals surface area (Å²) in [5, 5.41) is 0. The van der Waals surface area contributed by atoms with E-state index in [1.54, 1.807) is 18.2 Å². The van der Waals surface area contributed by atoms with E-state index >= 15 is 0 Å². The van der Waals surface area contributed by atoms with Crippen LogP contribution >= 0.6 is 0 Å². The number of ether oxygens (including phenoxy) is 2. The van der Waals surface area contributed by atoms with Crippen LogP contribution in [0.2, 0.25) is 0 Å². The Labute approximate surface area is 153 Å². The summed E-state index contributed by atoms with van der Waals surface area (Å²) in [6.07, 6.45) is 0.745. The Balaban J connectivity index is 1.89. The summed E-state index contributed by atoms with van der Waals surface area (Å²) in [7, 11) is -3.79. The maximum Gasteiger partial charge on any atom is 0.241 e. The first kappa shape index (κ1) is 18.7. The molecule has 1 aliphatic rings. The number of nitrogens with one attached hydrogen (secondary N) is 1. The molecule has 1 unspecified atom stereocenters. The summed E-state index contributed by atoms with van der Waals surface area (Å²) in [5.74, 6) is 0.589. The SMILES string of the molecule is CC(C)C(NS(=O)(=O)c1ccc2c(c1)OCCCO2)c1ccc(F)cc1. The molecule has 26 heavy (non-hydrogen) atoms. The molecule has 2 aromatic rings. The molecule has 0 aromatic heterocycles. The first-order chi connectivity index (χ1) is 12.4. The lowest BCUT2D eigenvalue weighted by molar-refractivity contribution is 0.297. The van der Waals surface area contributed by atoms with Gasteiger partial charge in [0.15, 0.2) is 11.5 Å². The maximum absolute atomic E-state index is 13.2. The van der Waals surface area contributed by atoms with Crippen molar-refractivity contribution in [1.82, 2.24) is 4.72 Å². The molecule has 140 valence electrons. The van der Waals surface area contributed by atoms with Gasteiger partial charge in [-0.05, 0) is 35.7 Å². The van der Waals surface area contributed by atoms with Crippen LogP contribution < -0.4 is 14.2 Å². The van der Waals surface area contributed by atoms with Crippen molar-refractivity contribution in [1.29, 1.82) is 0 Å². The number of benzene rings is 2. The van der Waals surface area contributed by atoms with E-state index in [4.69, 9.17) is 9.47 Å². The third-order valence-electron chi connectivity index (χ3n) is 4.21. The van der Waals surface area contributed by atoms with E-state index in [2.05, 4.69) is 4.72 Å². The van der Waals surface area contributed by atoms with Crippen molar-refractivity contribution in [2.24, 2.45) is 5.92 Å². The molecule has 1 N–H and O–H groups in total. The van der Waals surface area contributed by atoms with Gasteiger partial charge in [0.2, 0.25) is 10.0 Å². The predicted octanol–water partition coefficient (Wildman–Crippen LogP) is 3.66. The Morgan fingerprint density at radius 1 is 1.00 bits per heavy atom. The molecule has 1 atom stereocenters. The van der Waals surface area contributed by atoms with Crippen LogP contribution in [0.15, 0.2) is 47.4 Å². The molecular formula is C19H22FNO4S. The van der Waals surface area contributed by atoms with Crippen LogP contribution in [0.25, 0.3) is 0 Å². The normalized spacial score (nSPS) is 15.5. The molecule has 0 bridgehead atoms. The fraction of sp³-hybridized carbons (Fsp3) is 0.368. The molecule has 0 saturated carbocycles. The van der Waals surface area contributed by atoms with Gasteiger partial charge in [-0.25, -0.2) is 17.5 Å². The van der Waals surface area contributed by atoms with E-state index in [1.807, 2.05) is 13.8 Å². The lowest BCUT2D eigenvalue weighted by Gasteiger charge is -2.23. The lowest BCUT2D eigenvalue weighted by Crippen LogP contribution is -2.31. The summed E-state index contributed by atoms with van der Waals surface area (Å²) in [5.41, 5.74) is 0.708. The minimum absolute atomic E-state index is 0.0179. The highest BCUT2D eigenvalue weighted by molar-refractivity contribution is 7.89. The van der Waals surface area contributed by atoms with E-state index < -0.39 is 16.1 Å². The number of hydrogen-bond donors (Lipinski definition) is 1. The highest BCUT2D eigenvalue weighted by Crippen LogP contribution is 2.33. The Hall–Kier alpha value is -2.12. The average molecular weight is 379 g/mol. The minimum atomic E-state index is -3.79. The third kappa shape index (κ3) is 4.16. The molecule has 5 nitrogen and oxygen atoms in total. The number of sulfonamides is 1. The van der Waals surface area contributed by atoms with Crippen LogP contribution in [0.3, 0.4) is 0 Å². The smallest absolute Gasteiger partial charge is 0.241 e. The standard InChI is InChI=1S/C19H22FNO4S/c1-13(2)19(14-4-6-15(20)7-5-14)21-26(22,23)16-8-9-17-18(12-16)25-11-3-10-24-17/h4-9,12-13,19,21H,3,10-11H2,1-2H3. The first-order valence-electron chi connectivity index (χ1n) is 8.54. The van der Waals surface area contributed by atoms with Gasteiger partial charge in [-0.2, -0.15) is 0 Å². The van der Waals surface area contributed by atoms with Gasteiger partial charge in [-0.3, -0.25) is 0 Å². The van der Waals surface area contributed by atoms with Crippen LogP contribution in [0, 0.1) is 11.7 Å². The number of fused-ring (bicyclic) bond motifs is 1. The second-order valence-electron chi connectivity index (χ2n) is 6.55. The minimum Gasteiger partial charge on any atom is -0.490 e. The summed E-state index contributed by atoms with van der Waals surface area (Å²) in [6.45, 7) is 4.83. The maximum atomic E-state index is 13.2. The molecule has 0 amide bonds. The number of rotatable bonds is 5. The van der Waals surface area contributed by atoms with Crippen LogP contribution in [-0.2, 0) is 10.0 Å². The zero-order chi connectivity index (χ0) is 18.7. The molecule has 7 heteroatoms. The Morgan fingerprint density at radius 3 is 2.31 bits per heavy atom. The van der Waals surface area contributed by atoms with Crippen molar-refractivity contribution >= 4 is 10.0 Å². The molecule has 0 fully saturated rings. The van der Waals surface area contributed by atoms with E-state index in [9.17, 15) is 12.8 Å². The van der Waals surface area contributed by atoms with Crippen molar-refractivity contribution in [3.8, 4) is 11.5 Å². The summed E-state index contributed by atoms with van der Waals surface area (Å²) in [6, 6.07) is 9.95. The van der Waals surface area contributed by atoms with Gasteiger partial charge in [0, 0.05) is 18.5 Å². The molecule has 0 aliphatic carbocycles. The molecular weight excluding hydrogens is 357 g/mol. The highest BCUT2D eigenvalue weighted by Gasteiger charge is 2.25. The second kappa shape index (κ2) is 7.63. The van der Waals surface area contributed by atoms with Crippen molar-refractivity contribution in [2.75, 3.05) is 13.2 Å². The zero-order valence-electron chi connectivity index (χ0n) is 14.7. The Morgan fingerprint density at radius 2 is 1.65 bits per heavy atom. The highest BCUT2D eigenvalue weighted by atomic mass is 32.2. The molecule has 0 saturated heterocycles. The molecule has 1 heterocycles. The van der Waals surface area contributed by atoms with Gasteiger partial charge < -0.3 is 9.47 Å². The quantitative estimate of drug-likeness (QED) is 0.861. The largest absolute Gasteiger partial charge is 0.490 e. The van der Waals surface area contributed by atoms with E-state index in [1.165, 1.54) is 24.3 Å². The van der Waals surface area contributed by atoms with Crippen LogP contribution in [0.4, 0.5) is 4.39 Å². The number of hydrogen-bond acceptors (Lipinski definition) is 4. The van der Waals surface area contributed by atoms with Gasteiger partial charge in [0.1, 0.15) is 5.82 Å². The Bertz CT molecular complexity index is 866. The predicted molar refractivity (Wildman–Crippen MR) is 96.3 cm³/mol. The molecule has 0 spiro atoms. The van der Waals surface area contributed by atoms with Gasteiger partial charge in [0.05, 0.1) is 18.1 Å². The van der Waals surface area contributed by atoms with E-state index in [-0.39, 0.29) is 16.6 Å². The summed E-state index contributed by atoms with van der Waals surface area (Å²) < 4.78 is 52.8. The summed E-state index contributed by atoms with van der Waals surface area (Å²) >= 11 is 0. The van der Waals surface area contributed by atoms with Gasteiger partial charge in [-0.15, -0.1) is 0 Å². The number of halogens is 1. The Kier molecular flexibility index (Phi) is 5.48. The van der Waals surface area contributed by atoms with Crippen molar-refractivity contribution < 1.29 is 22.3 Å². The fourth-order valence-electron chi connectivity index (χ4n) is 2.81. The van der Waals surface area contributed by atoms with Crippen molar-refractivity contribution in [3.63, 3.8) is 0 Å². The topological polar surface area (TPSA) is 64.6 Å². The molecule has 2 aromatic carbocycles.